The van der Waals surface area contributed by atoms with Gasteiger partial charge in [-0.05, 0) is 48.2 Å². The maximum atomic E-state index is 16.0. The lowest BCUT2D eigenvalue weighted by molar-refractivity contribution is -0.140. The van der Waals surface area contributed by atoms with Crippen molar-refractivity contribution < 1.29 is 41.2 Å². The van der Waals surface area contributed by atoms with Crippen molar-refractivity contribution in [3.63, 3.8) is 0 Å². The maximum absolute atomic E-state index is 16.0. The van der Waals surface area contributed by atoms with Crippen LogP contribution in [0.2, 0.25) is 0 Å². The number of alkyl halides is 1. The Kier molecular flexibility index (Phi) is 10.5. The highest BCUT2D eigenvalue weighted by Gasteiger charge is 2.37. The number of carbonyl (C=O) groups is 2. The van der Waals surface area contributed by atoms with Crippen molar-refractivity contribution >= 4 is 51.2 Å². The minimum Gasteiger partial charge on any atom is -0.481 e. The van der Waals surface area contributed by atoms with Crippen LogP contribution < -0.4 is 14.2 Å². The molecule has 18 heteroatoms. The molecule has 3 aliphatic heterocycles. The molecule has 0 bridgehead atoms. The summed E-state index contributed by atoms with van der Waals surface area (Å²) in [5.41, 5.74) is 1.40. The number of benzene rings is 2. The largest absolute Gasteiger partial charge is 0.481 e. The van der Waals surface area contributed by atoms with Gasteiger partial charge in [0.15, 0.2) is 17.4 Å². The molecule has 0 amide bonds. The van der Waals surface area contributed by atoms with E-state index in [1.54, 1.807) is 18.3 Å². The number of anilines is 3. The van der Waals surface area contributed by atoms with Crippen LogP contribution in [0.25, 0.3) is 22.2 Å². The van der Waals surface area contributed by atoms with Crippen LogP contribution >= 0.6 is 0 Å². The summed E-state index contributed by atoms with van der Waals surface area (Å²) in [5, 5.41) is 15.2. The third-order valence-electron chi connectivity index (χ3n) is 11.1. The lowest BCUT2D eigenvalue weighted by Crippen LogP contribution is -2.63. The summed E-state index contributed by atoms with van der Waals surface area (Å²) in [6, 6.07) is 13.6. The van der Waals surface area contributed by atoms with Crippen LogP contribution in [0.1, 0.15) is 47.9 Å². The zero-order valence-electron chi connectivity index (χ0n) is 31.1. The molecule has 8 rings (SSSR count). The average molecular weight is 807 g/mol. The monoisotopic (exact) mass is 806 g/mol. The number of carboxylic acid groups (broad SMARTS) is 1. The molecule has 3 aromatic heterocycles. The van der Waals surface area contributed by atoms with Gasteiger partial charge in [-0.2, -0.15) is 4.41 Å². The summed E-state index contributed by atoms with van der Waals surface area (Å²) in [6.07, 6.45) is 1.74. The molecule has 3 atom stereocenters. The fourth-order valence-electron chi connectivity index (χ4n) is 7.98. The molecule has 2 aromatic carbocycles. The molecule has 14 nitrogen and oxygen atoms in total. The van der Waals surface area contributed by atoms with Crippen molar-refractivity contribution in [1.82, 2.24) is 25.0 Å². The Morgan fingerprint density at radius 2 is 1.72 bits per heavy atom. The maximum Gasteiger partial charge on any atom is 0.314 e. The molecule has 57 heavy (non-hydrogen) atoms. The van der Waals surface area contributed by atoms with Crippen molar-refractivity contribution in [3.05, 3.63) is 89.4 Å². The fourth-order valence-corrected chi connectivity index (χ4v) is 8.63. The van der Waals surface area contributed by atoms with E-state index in [2.05, 4.69) is 29.8 Å². The normalized spacial score (nSPS) is 19.3. The molecule has 0 aliphatic carbocycles. The standard InChI is InChI=1S/C39H41F3N8O6S/c1-22(2)34(39(52)53)32-16-33(45-56-32)48-20-27(21-48)47-13-11-46(12-14-47)26-5-3-23(4-6-26)24-15-28-29(18-44-38(28)43-17-24)37(51)35-30(41)7-8-31(36(35)42)50(57(54)55)49-10-9-25(40)19-49/h3-8,15-18,22,25,27,34H,9-14,19-21H2,1-2H3,(H,43,44)(H,52,53)(H,54,55)/t25-,34?/m1/s1. The number of nitrogens with one attached hydrogen (secondary N) is 1. The summed E-state index contributed by atoms with van der Waals surface area (Å²) < 4.78 is 73.4. The van der Waals surface area contributed by atoms with Gasteiger partial charge in [-0.15, -0.1) is 0 Å². The second-order valence-corrected chi connectivity index (χ2v) is 15.8. The van der Waals surface area contributed by atoms with Crippen LogP contribution in [0.4, 0.5) is 30.4 Å². The number of piperazine rings is 1. The number of carbonyl (C=O) groups excluding carboxylic acids is 1. The minimum absolute atomic E-state index is 0.0360. The quantitative estimate of drug-likeness (QED) is 0.108. The Balaban J connectivity index is 0.922. The Labute approximate surface area is 328 Å². The Morgan fingerprint density at radius 3 is 2.37 bits per heavy atom. The first kappa shape index (κ1) is 38.6. The highest BCUT2D eigenvalue weighted by atomic mass is 32.2. The molecule has 3 aliphatic rings. The molecule has 3 fully saturated rings. The van der Waals surface area contributed by atoms with E-state index in [-0.39, 0.29) is 31.0 Å². The topological polar surface area (TPSA) is 163 Å². The minimum atomic E-state index is -2.82. The van der Waals surface area contributed by atoms with Gasteiger partial charge in [0.25, 0.3) is 11.3 Å². The van der Waals surface area contributed by atoms with Crippen LogP contribution in [0.5, 0.6) is 0 Å². The lowest BCUT2D eigenvalue weighted by Gasteiger charge is -2.48. The number of hydrazine groups is 1. The fraction of sp³-hybridized carbons (Fsp3) is 0.385. The summed E-state index contributed by atoms with van der Waals surface area (Å²) in [7, 11) is 0. The van der Waals surface area contributed by atoms with Crippen molar-refractivity contribution in [2.24, 2.45) is 5.92 Å². The molecule has 300 valence electrons. The number of hydrogen-bond acceptors (Lipinski definition) is 10. The van der Waals surface area contributed by atoms with Crippen molar-refractivity contribution in [2.45, 2.75) is 38.4 Å². The van der Waals surface area contributed by atoms with E-state index in [9.17, 15) is 27.8 Å². The summed E-state index contributed by atoms with van der Waals surface area (Å²) >= 11 is -2.82. The second kappa shape index (κ2) is 15.6. The molecule has 6 heterocycles. The second-order valence-electron chi connectivity index (χ2n) is 15.0. The van der Waals surface area contributed by atoms with Gasteiger partial charge in [0.2, 0.25) is 5.78 Å². The van der Waals surface area contributed by atoms with E-state index in [0.717, 1.165) is 67.7 Å². The highest BCUT2D eigenvalue weighted by molar-refractivity contribution is 7.80. The molecule has 3 saturated heterocycles. The number of H-pyrrole nitrogens is 1. The first-order valence-electron chi connectivity index (χ1n) is 18.7. The number of aromatic amines is 1. The summed E-state index contributed by atoms with van der Waals surface area (Å²) in [6.45, 7) is 8.45. The van der Waals surface area contributed by atoms with Gasteiger partial charge in [0, 0.05) is 92.5 Å². The van der Waals surface area contributed by atoms with E-state index in [1.807, 2.05) is 38.1 Å². The predicted octanol–water partition coefficient (Wildman–Crippen LogP) is 5.46. The molecule has 0 spiro atoms. The molecular weight excluding hydrogens is 766 g/mol. The predicted molar refractivity (Wildman–Crippen MR) is 207 cm³/mol. The average Bonchev–Trinajstić information content (AvgIpc) is 3.92. The van der Waals surface area contributed by atoms with Crippen LogP contribution in [-0.4, -0.2) is 115 Å². The van der Waals surface area contributed by atoms with E-state index >= 15 is 8.78 Å². The van der Waals surface area contributed by atoms with Gasteiger partial charge >= 0.3 is 5.97 Å². The van der Waals surface area contributed by atoms with Gasteiger partial charge in [-0.1, -0.05) is 31.1 Å². The summed E-state index contributed by atoms with van der Waals surface area (Å²) in [4.78, 5) is 39.7. The number of fused-ring (bicyclic) bond motifs is 1. The number of rotatable bonds is 12. The number of nitrogens with zero attached hydrogens (tertiary/aromatic N) is 7. The number of ketones is 1. The van der Waals surface area contributed by atoms with Crippen molar-refractivity contribution in [2.75, 3.05) is 66.6 Å². The van der Waals surface area contributed by atoms with Crippen LogP contribution in [0.3, 0.4) is 0 Å². The van der Waals surface area contributed by atoms with Gasteiger partial charge in [0.1, 0.15) is 29.2 Å². The van der Waals surface area contributed by atoms with Gasteiger partial charge in [0.05, 0.1) is 12.1 Å². The van der Waals surface area contributed by atoms with E-state index < -0.39 is 58.0 Å². The van der Waals surface area contributed by atoms with Crippen molar-refractivity contribution in [3.8, 4) is 11.1 Å². The molecule has 0 radical (unpaired) electrons. The van der Waals surface area contributed by atoms with Gasteiger partial charge in [-0.25, -0.2) is 27.4 Å². The SMILES string of the molecule is CC(C)C(C(=O)O)c1cc(N2CC(N3CCN(c4ccc(-c5cnc6[nH]cc(C(=O)c7c(F)ccc(N(N8CC[C@@H](F)C8)S(=O)O)c7F)c6c5)cc4)CC3)C2)no1. The molecule has 0 saturated carbocycles. The molecule has 5 aromatic rings. The zero-order valence-corrected chi connectivity index (χ0v) is 32.0. The lowest BCUT2D eigenvalue weighted by atomic mass is 9.93. The van der Waals surface area contributed by atoms with Crippen LogP contribution in [-0.2, 0) is 16.1 Å². The number of halogens is 3. The van der Waals surface area contributed by atoms with E-state index in [1.165, 1.54) is 6.20 Å². The molecule has 3 N–H and O–H groups in total. The molecule has 2 unspecified atom stereocenters. The summed E-state index contributed by atoms with van der Waals surface area (Å²) in [5.74, 6) is -4.23. The zero-order chi connectivity index (χ0) is 40.1. The Hall–Kier alpha value is -5.30. The number of aliphatic carboxylic acids is 1. The first-order valence-corrected chi connectivity index (χ1v) is 19.8. The Bertz CT molecular complexity index is 2330. The van der Waals surface area contributed by atoms with Gasteiger partial charge < -0.3 is 24.4 Å². The molecular formula is C39H41F3N8O6S. The van der Waals surface area contributed by atoms with E-state index in [4.69, 9.17) is 4.52 Å². The Morgan fingerprint density at radius 1 is 0.982 bits per heavy atom. The number of aromatic nitrogens is 3. The van der Waals surface area contributed by atoms with Crippen LogP contribution in [0, 0.1) is 17.6 Å². The number of pyridine rings is 1. The van der Waals surface area contributed by atoms with Gasteiger partial charge in [-0.3, -0.25) is 19.0 Å². The third kappa shape index (κ3) is 7.37. The van der Waals surface area contributed by atoms with Crippen LogP contribution in [0.15, 0.2) is 65.4 Å². The van der Waals surface area contributed by atoms with Crippen molar-refractivity contribution in [1.29, 1.82) is 0 Å². The smallest absolute Gasteiger partial charge is 0.314 e. The number of carboxylic acids is 1. The van der Waals surface area contributed by atoms with E-state index in [0.29, 0.717) is 38.6 Å². The highest BCUT2D eigenvalue weighted by Crippen LogP contribution is 2.34. The number of hydrogen-bond donors (Lipinski definition) is 3. The first-order chi connectivity index (χ1) is 27.4. The third-order valence-corrected chi connectivity index (χ3v) is 11.9.